The Morgan fingerprint density at radius 2 is 1.74 bits per heavy atom. The first-order chi connectivity index (χ1) is 16.1. The lowest BCUT2D eigenvalue weighted by molar-refractivity contribution is -0.142. The second kappa shape index (κ2) is 12.1. The maximum absolute atomic E-state index is 13.6. The number of rotatable bonds is 9. The molecule has 1 rings (SSSR count). The lowest BCUT2D eigenvalue weighted by atomic mass is 9.99. The molecule has 0 radical (unpaired) electrons. The van der Waals surface area contributed by atoms with Crippen LogP contribution in [-0.2, 0) is 19.1 Å². The van der Waals surface area contributed by atoms with Crippen molar-refractivity contribution in [2.75, 3.05) is 6.54 Å². The molecule has 0 saturated carbocycles. The quantitative estimate of drug-likeness (QED) is 0.383. The van der Waals surface area contributed by atoms with Crippen molar-refractivity contribution in [1.82, 2.24) is 15.5 Å². The molecule has 0 aliphatic heterocycles. The summed E-state index contributed by atoms with van der Waals surface area (Å²) in [6.45, 7) is 9.59. The monoisotopic (exact) mass is 489 g/mol. The Bertz CT molecular complexity index is 974. The molecule has 5 N–H and O–H groups in total. The summed E-state index contributed by atoms with van der Waals surface area (Å²) in [5.74, 6) is -2.43. The molecule has 0 fully saturated rings. The van der Waals surface area contributed by atoms with Crippen LogP contribution in [-0.4, -0.2) is 57.5 Å². The maximum atomic E-state index is 13.6. The molecule has 192 valence electrons. The number of ether oxygens (including phenoxy) is 1. The largest absolute Gasteiger partial charge is 0.508 e. The molecule has 1 aromatic carbocycles. The molecule has 2 unspecified atom stereocenters. The number of nitrogens with one attached hydrogen (secondary N) is 2. The summed E-state index contributed by atoms with van der Waals surface area (Å²) in [6.07, 6.45) is -1.36. The number of benzene rings is 1. The average Bonchev–Trinajstić information content (AvgIpc) is 2.68. The molecule has 35 heavy (non-hydrogen) atoms. The molecule has 11 heteroatoms. The third-order valence-electron chi connectivity index (χ3n) is 4.48. The van der Waals surface area contributed by atoms with Crippen molar-refractivity contribution in [3.05, 3.63) is 29.8 Å². The highest BCUT2D eigenvalue weighted by Gasteiger charge is 2.38. The minimum absolute atomic E-state index is 0.0868. The normalized spacial score (nSPS) is 13.1. The molecule has 0 saturated heterocycles. The number of hydrogen-bond donors (Lipinski definition) is 4. The minimum Gasteiger partial charge on any atom is -0.508 e. The number of para-hydroxylation sites is 1. The summed E-state index contributed by atoms with van der Waals surface area (Å²) in [6, 6.07) is 5.05. The molecule has 0 spiro atoms. The number of alkyl carbamates (subject to hydrolysis) is 1. The molecule has 1 aromatic rings. The number of aromatic hydroxyl groups is 1. The Morgan fingerprint density at radius 3 is 2.23 bits per heavy atom. The van der Waals surface area contributed by atoms with E-state index < -0.39 is 53.6 Å². The van der Waals surface area contributed by atoms with E-state index in [1.807, 2.05) is 6.07 Å². The van der Waals surface area contributed by atoms with Gasteiger partial charge in [-0.1, -0.05) is 18.2 Å². The van der Waals surface area contributed by atoms with Crippen molar-refractivity contribution in [1.29, 1.82) is 5.26 Å². The highest BCUT2D eigenvalue weighted by atomic mass is 16.6. The molecule has 2 atom stereocenters. The minimum atomic E-state index is -1.40. The van der Waals surface area contributed by atoms with E-state index in [0.29, 0.717) is 0 Å². The van der Waals surface area contributed by atoms with Crippen LogP contribution in [0.25, 0.3) is 0 Å². The van der Waals surface area contributed by atoms with Crippen molar-refractivity contribution < 1.29 is 29.0 Å². The molecule has 11 nitrogen and oxygen atoms in total. The predicted octanol–water partition coefficient (Wildman–Crippen LogP) is 1.86. The van der Waals surface area contributed by atoms with E-state index in [4.69, 9.17) is 10.5 Å². The molecule has 4 amide bonds. The number of amides is 4. The third kappa shape index (κ3) is 9.92. The third-order valence-corrected chi connectivity index (χ3v) is 4.48. The van der Waals surface area contributed by atoms with Gasteiger partial charge >= 0.3 is 6.09 Å². The Morgan fingerprint density at radius 1 is 1.14 bits per heavy atom. The number of phenols is 1. The van der Waals surface area contributed by atoms with E-state index in [0.717, 1.165) is 4.90 Å². The Labute approximate surface area is 205 Å². The highest BCUT2D eigenvalue weighted by molar-refractivity contribution is 5.93. The van der Waals surface area contributed by atoms with Crippen LogP contribution < -0.4 is 16.4 Å². The van der Waals surface area contributed by atoms with Gasteiger partial charge in [-0.3, -0.25) is 14.4 Å². The molecule has 0 aliphatic carbocycles. The second-order valence-corrected chi connectivity index (χ2v) is 10.0. The SMILES string of the molecule is CC(C)(C)NC(=O)C(c1ccccc1O)N(CC#N)C(=O)C(CCC(N)=O)NC(=O)OC(C)(C)C. The molecular formula is C24H35N5O6. The van der Waals surface area contributed by atoms with Gasteiger partial charge in [-0.05, 0) is 54.0 Å². The number of nitrogens with zero attached hydrogens (tertiary/aromatic N) is 2. The van der Waals surface area contributed by atoms with Gasteiger partial charge in [-0.2, -0.15) is 5.26 Å². The smallest absolute Gasteiger partial charge is 0.408 e. The number of nitrogens with two attached hydrogens (primary N) is 1. The summed E-state index contributed by atoms with van der Waals surface area (Å²) >= 11 is 0. The number of nitriles is 1. The lowest BCUT2D eigenvalue weighted by Gasteiger charge is -2.34. The standard InChI is InChI=1S/C24H35N5O6/c1-23(2,3)28-20(32)19(15-9-7-8-10-17(15)30)29(14-13-25)21(33)16(11-12-18(26)31)27-22(34)35-24(4,5)6/h7-10,16,19,30H,11-12,14H2,1-6H3,(H2,26,31)(H,27,34)(H,28,32). The zero-order valence-electron chi connectivity index (χ0n) is 21.0. The van der Waals surface area contributed by atoms with Gasteiger partial charge in [-0.25, -0.2) is 4.79 Å². The van der Waals surface area contributed by atoms with E-state index in [9.17, 15) is 29.5 Å². The van der Waals surface area contributed by atoms with Crippen LogP contribution in [0.2, 0.25) is 0 Å². The van der Waals surface area contributed by atoms with Crippen LogP contribution in [0.5, 0.6) is 5.75 Å². The van der Waals surface area contributed by atoms with Gasteiger partial charge in [0, 0.05) is 17.5 Å². The van der Waals surface area contributed by atoms with Gasteiger partial charge in [0.1, 0.15) is 30.0 Å². The van der Waals surface area contributed by atoms with Crippen molar-refractivity contribution in [2.45, 2.75) is 77.6 Å². The van der Waals surface area contributed by atoms with Gasteiger partial charge in [0.15, 0.2) is 0 Å². The fourth-order valence-electron chi connectivity index (χ4n) is 3.17. The van der Waals surface area contributed by atoms with Crippen LogP contribution in [0.4, 0.5) is 4.79 Å². The highest BCUT2D eigenvalue weighted by Crippen LogP contribution is 2.30. The van der Waals surface area contributed by atoms with Gasteiger partial charge in [0.2, 0.25) is 17.7 Å². The Hall–Kier alpha value is -3.81. The molecule has 0 aromatic heterocycles. The van der Waals surface area contributed by atoms with Gasteiger partial charge in [0.05, 0.1) is 6.07 Å². The maximum Gasteiger partial charge on any atom is 0.408 e. The molecule has 0 bridgehead atoms. The van der Waals surface area contributed by atoms with Crippen molar-refractivity contribution in [3.63, 3.8) is 0 Å². The van der Waals surface area contributed by atoms with Crippen molar-refractivity contribution in [3.8, 4) is 11.8 Å². The average molecular weight is 490 g/mol. The lowest BCUT2D eigenvalue weighted by Crippen LogP contribution is -2.54. The molecule has 0 aliphatic rings. The zero-order chi connectivity index (χ0) is 27.0. The predicted molar refractivity (Wildman–Crippen MR) is 128 cm³/mol. The van der Waals surface area contributed by atoms with Crippen LogP contribution in [0, 0.1) is 11.3 Å². The van der Waals surface area contributed by atoms with E-state index >= 15 is 0 Å². The van der Waals surface area contributed by atoms with E-state index in [-0.39, 0.29) is 24.2 Å². The fraction of sp³-hybridized carbons (Fsp3) is 0.542. The van der Waals surface area contributed by atoms with Crippen LogP contribution in [0.1, 0.15) is 66.0 Å². The van der Waals surface area contributed by atoms with E-state index in [1.54, 1.807) is 53.7 Å². The first kappa shape index (κ1) is 29.2. The van der Waals surface area contributed by atoms with Gasteiger partial charge in [0.25, 0.3) is 0 Å². The Kier molecular flexibility index (Phi) is 10.1. The fourth-order valence-corrected chi connectivity index (χ4v) is 3.17. The summed E-state index contributed by atoms with van der Waals surface area (Å²) in [5, 5.41) is 25.1. The van der Waals surface area contributed by atoms with E-state index in [2.05, 4.69) is 10.6 Å². The van der Waals surface area contributed by atoms with Gasteiger partial charge < -0.3 is 31.1 Å². The molecular weight excluding hydrogens is 454 g/mol. The topological polar surface area (TPSA) is 175 Å². The van der Waals surface area contributed by atoms with Crippen molar-refractivity contribution in [2.24, 2.45) is 5.73 Å². The second-order valence-electron chi connectivity index (χ2n) is 10.0. The molecule has 0 heterocycles. The zero-order valence-corrected chi connectivity index (χ0v) is 21.0. The summed E-state index contributed by atoms with van der Waals surface area (Å²) in [4.78, 5) is 51.7. The number of carbonyl (C=O) groups is 4. The number of carbonyl (C=O) groups excluding carboxylic acids is 4. The van der Waals surface area contributed by atoms with E-state index in [1.165, 1.54) is 12.1 Å². The summed E-state index contributed by atoms with van der Waals surface area (Å²) < 4.78 is 5.22. The van der Waals surface area contributed by atoms with Crippen LogP contribution in [0.15, 0.2) is 24.3 Å². The first-order valence-electron chi connectivity index (χ1n) is 11.1. The summed E-state index contributed by atoms with van der Waals surface area (Å²) in [7, 11) is 0. The number of hydrogen-bond acceptors (Lipinski definition) is 7. The first-order valence-corrected chi connectivity index (χ1v) is 11.1. The van der Waals surface area contributed by atoms with Gasteiger partial charge in [-0.15, -0.1) is 0 Å². The van der Waals surface area contributed by atoms with Crippen LogP contribution in [0.3, 0.4) is 0 Å². The Balaban J connectivity index is 3.50. The summed E-state index contributed by atoms with van der Waals surface area (Å²) in [5.41, 5.74) is 3.77. The van der Waals surface area contributed by atoms with Crippen LogP contribution >= 0.6 is 0 Å². The van der Waals surface area contributed by atoms with Crippen molar-refractivity contribution >= 4 is 23.8 Å². The number of phenolic OH excluding ortho intramolecular Hbond substituents is 1. The number of primary amides is 1.